The number of carbonyl (C=O) groups excluding carboxylic acids is 1. The van der Waals surface area contributed by atoms with Crippen LogP contribution >= 0.6 is 0 Å². The number of unbranched alkanes of at least 4 members (excludes halogenated alkanes) is 9. The standard InChI is InChI=1S/C15H31NO2.Na.H/c1-2-3-4-5-6-7-8-9-10-11-14-18-15(17)12-13-16;;/h2-14,16H2,1H3;;/q;+1;-1. The van der Waals surface area contributed by atoms with Crippen LogP contribution in [0.3, 0.4) is 0 Å². The van der Waals surface area contributed by atoms with Crippen LogP contribution in [0.4, 0.5) is 0 Å². The Bertz CT molecular complexity index is 195. The number of ether oxygens (including phenoxy) is 1. The molecule has 0 atom stereocenters. The van der Waals surface area contributed by atoms with Crippen molar-refractivity contribution in [2.24, 2.45) is 5.73 Å². The summed E-state index contributed by atoms with van der Waals surface area (Å²) in [6.45, 7) is 3.20. The van der Waals surface area contributed by atoms with Gasteiger partial charge in [-0.25, -0.2) is 0 Å². The fourth-order valence-electron chi connectivity index (χ4n) is 1.97. The minimum Gasteiger partial charge on any atom is -1.00 e. The molecule has 0 aliphatic rings. The van der Waals surface area contributed by atoms with Crippen LogP contribution in [0.1, 0.15) is 79.0 Å². The van der Waals surface area contributed by atoms with Crippen LogP contribution in [0.5, 0.6) is 0 Å². The van der Waals surface area contributed by atoms with E-state index in [2.05, 4.69) is 6.92 Å². The Balaban J connectivity index is -0.00000144. The number of hydrogen-bond acceptors (Lipinski definition) is 3. The van der Waals surface area contributed by atoms with Gasteiger partial charge in [-0.15, -0.1) is 0 Å². The molecule has 0 aliphatic heterocycles. The molecule has 2 N–H and O–H groups in total. The molecule has 0 spiro atoms. The Hall–Kier alpha value is 0.430. The summed E-state index contributed by atoms with van der Waals surface area (Å²) in [4.78, 5) is 11.0. The normalized spacial score (nSPS) is 10.0. The molecule has 0 amide bonds. The maximum absolute atomic E-state index is 11.0. The molecule has 0 saturated carbocycles. The van der Waals surface area contributed by atoms with Crippen molar-refractivity contribution < 1.29 is 40.5 Å². The first kappa shape index (κ1) is 21.7. The number of hydrogen-bond donors (Lipinski definition) is 1. The van der Waals surface area contributed by atoms with Gasteiger partial charge in [0, 0.05) is 6.54 Å². The van der Waals surface area contributed by atoms with Crippen molar-refractivity contribution in [3.8, 4) is 0 Å². The predicted octanol–water partition coefficient (Wildman–Crippen LogP) is 0.916. The monoisotopic (exact) mass is 281 g/mol. The number of rotatable bonds is 13. The van der Waals surface area contributed by atoms with Crippen LogP contribution in [-0.2, 0) is 9.53 Å². The third-order valence-electron chi connectivity index (χ3n) is 3.11. The van der Waals surface area contributed by atoms with E-state index in [-0.39, 0.29) is 37.0 Å². The van der Waals surface area contributed by atoms with Crippen LogP contribution in [-0.4, -0.2) is 19.1 Å². The third-order valence-corrected chi connectivity index (χ3v) is 3.11. The molecular formula is C15H32NNaO2. The Morgan fingerprint density at radius 2 is 1.42 bits per heavy atom. The van der Waals surface area contributed by atoms with E-state index in [4.69, 9.17) is 10.5 Å². The maximum Gasteiger partial charge on any atom is 1.00 e. The molecule has 3 nitrogen and oxygen atoms in total. The van der Waals surface area contributed by atoms with Crippen molar-refractivity contribution in [2.75, 3.05) is 13.2 Å². The molecule has 0 aromatic rings. The van der Waals surface area contributed by atoms with Crippen LogP contribution in [0, 0.1) is 0 Å². The fraction of sp³-hybridized carbons (Fsp3) is 0.933. The minimum atomic E-state index is -0.159. The number of nitrogens with two attached hydrogens (primary N) is 1. The van der Waals surface area contributed by atoms with E-state index < -0.39 is 0 Å². The summed E-state index contributed by atoms with van der Waals surface area (Å²) in [5, 5.41) is 0. The zero-order valence-electron chi connectivity index (χ0n) is 14.1. The minimum absolute atomic E-state index is 0. The molecule has 110 valence electrons. The molecule has 0 bridgehead atoms. The Morgan fingerprint density at radius 1 is 0.947 bits per heavy atom. The average molecular weight is 281 g/mol. The topological polar surface area (TPSA) is 52.3 Å². The quantitative estimate of drug-likeness (QED) is 0.310. The van der Waals surface area contributed by atoms with Gasteiger partial charge >= 0.3 is 35.5 Å². The molecule has 0 unspecified atom stereocenters. The van der Waals surface area contributed by atoms with E-state index in [1.165, 1.54) is 57.8 Å². The Labute approximate surface area is 142 Å². The van der Waals surface area contributed by atoms with Gasteiger partial charge in [-0.1, -0.05) is 64.7 Å². The Kier molecular flexibility index (Phi) is 21.1. The third kappa shape index (κ3) is 18.4. The van der Waals surface area contributed by atoms with Crippen molar-refractivity contribution in [2.45, 2.75) is 77.6 Å². The van der Waals surface area contributed by atoms with Crippen molar-refractivity contribution in [1.82, 2.24) is 0 Å². The first-order chi connectivity index (χ1) is 8.81. The van der Waals surface area contributed by atoms with Crippen molar-refractivity contribution in [1.29, 1.82) is 0 Å². The molecule has 0 aliphatic carbocycles. The van der Waals surface area contributed by atoms with E-state index in [1.807, 2.05) is 0 Å². The van der Waals surface area contributed by atoms with Gasteiger partial charge in [0.05, 0.1) is 13.0 Å². The van der Waals surface area contributed by atoms with Crippen LogP contribution < -0.4 is 35.3 Å². The van der Waals surface area contributed by atoms with Crippen molar-refractivity contribution in [3.05, 3.63) is 0 Å². The predicted molar refractivity (Wildman–Crippen MR) is 77.6 cm³/mol. The molecule has 0 aromatic heterocycles. The summed E-state index contributed by atoms with van der Waals surface area (Å²) in [5.74, 6) is -0.159. The van der Waals surface area contributed by atoms with Crippen molar-refractivity contribution >= 4 is 5.97 Å². The summed E-state index contributed by atoms with van der Waals surface area (Å²) in [6, 6.07) is 0. The van der Waals surface area contributed by atoms with Gasteiger partial charge in [-0.2, -0.15) is 0 Å². The molecule has 19 heavy (non-hydrogen) atoms. The zero-order valence-corrected chi connectivity index (χ0v) is 15.1. The second-order valence-corrected chi connectivity index (χ2v) is 4.94. The van der Waals surface area contributed by atoms with Crippen LogP contribution in [0.25, 0.3) is 0 Å². The van der Waals surface area contributed by atoms with Gasteiger partial charge in [-0.05, 0) is 6.42 Å². The summed E-state index contributed by atoms with van der Waals surface area (Å²) in [7, 11) is 0. The molecule has 0 radical (unpaired) electrons. The van der Waals surface area contributed by atoms with Gasteiger partial charge < -0.3 is 11.9 Å². The average Bonchev–Trinajstić information content (AvgIpc) is 2.36. The number of carbonyl (C=O) groups is 1. The first-order valence-electron chi connectivity index (χ1n) is 7.67. The first-order valence-corrected chi connectivity index (χ1v) is 7.67. The van der Waals surface area contributed by atoms with Crippen molar-refractivity contribution in [3.63, 3.8) is 0 Å². The van der Waals surface area contributed by atoms with E-state index in [9.17, 15) is 4.79 Å². The molecule has 0 saturated heterocycles. The van der Waals surface area contributed by atoms with E-state index in [1.54, 1.807) is 0 Å². The number of esters is 1. The summed E-state index contributed by atoms with van der Waals surface area (Å²) < 4.78 is 5.04. The van der Waals surface area contributed by atoms with Crippen LogP contribution in [0.2, 0.25) is 0 Å². The molecule has 0 heterocycles. The molecule has 4 heteroatoms. The Morgan fingerprint density at radius 3 is 1.89 bits per heavy atom. The van der Waals surface area contributed by atoms with Crippen LogP contribution in [0.15, 0.2) is 0 Å². The second kappa shape index (κ2) is 18.4. The molecular weight excluding hydrogens is 249 g/mol. The smallest absolute Gasteiger partial charge is 1.00 e. The van der Waals surface area contributed by atoms with Gasteiger partial charge in [0.25, 0.3) is 0 Å². The maximum atomic E-state index is 11.0. The fourth-order valence-corrected chi connectivity index (χ4v) is 1.97. The van der Waals surface area contributed by atoms with Gasteiger partial charge in [0.1, 0.15) is 0 Å². The SMILES string of the molecule is CCCCCCCCCCCCOC(=O)CCN.[H-].[Na+]. The molecule has 0 rings (SSSR count). The summed E-state index contributed by atoms with van der Waals surface area (Å²) in [6.07, 6.45) is 13.3. The second-order valence-electron chi connectivity index (χ2n) is 4.94. The van der Waals surface area contributed by atoms with Gasteiger partial charge in [-0.3, -0.25) is 4.79 Å². The summed E-state index contributed by atoms with van der Waals surface area (Å²) >= 11 is 0. The summed E-state index contributed by atoms with van der Waals surface area (Å²) in [5.41, 5.74) is 5.26. The van der Waals surface area contributed by atoms with Gasteiger partial charge in [0.2, 0.25) is 0 Å². The largest absolute Gasteiger partial charge is 1.00 e. The molecule has 0 aromatic carbocycles. The molecule has 0 fully saturated rings. The van der Waals surface area contributed by atoms with E-state index in [0.29, 0.717) is 19.6 Å². The van der Waals surface area contributed by atoms with E-state index >= 15 is 0 Å². The van der Waals surface area contributed by atoms with E-state index in [0.717, 1.165) is 6.42 Å². The van der Waals surface area contributed by atoms with Gasteiger partial charge in [0.15, 0.2) is 0 Å². The zero-order chi connectivity index (χ0) is 13.5.